The van der Waals surface area contributed by atoms with Gasteiger partial charge < -0.3 is 10.0 Å². The Labute approximate surface area is 121 Å². The molecule has 0 radical (unpaired) electrons. The quantitative estimate of drug-likeness (QED) is 0.897. The van der Waals surface area contributed by atoms with Crippen LogP contribution in [-0.2, 0) is 4.79 Å². The maximum atomic E-state index is 11.2. The van der Waals surface area contributed by atoms with E-state index in [0.717, 1.165) is 25.9 Å². The lowest BCUT2D eigenvalue weighted by molar-refractivity contribution is -0.144. The van der Waals surface area contributed by atoms with Gasteiger partial charge in [-0.15, -0.1) is 0 Å². The van der Waals surface area contributed by atoms with Gasteiger partial charge in [-0.2, -0.15) is 0 Å². The van der Waals surface area contributed by atoms with E-state index in [9.17, 15) is 9.90 Å². The van der Waals surface area contributed by atoms with E-state index in [4.69, 9.17) is 0 Å². The number of hydrogen-bond acceptors (Lipinski definition) is 3. The molecule has 0 amide bonds. The number of likely N-dealkylation sites (N-methyl/N-ethyl adjacent to an activating group) is 1. The van der Waals surface area contributed by atoms with Crippen LogP contribution >= 0.6 is 0 Å². The second kappa shape index (κ2) is 6.75. The first-order valence-electron chi connectivity index (χ1n) is 7.38. The normalized spacial score (nSPS) is 18.2. The molecule has 1 saturated heterocycles. The van der Waals surface area contributed by atoms with Crippen LogP contribution in [0.15, 0.2) is 30.3 Å². The zero-order valence-electron chi connectivity index (χ0n) is 12.3. The highest BCUT2D eigenvalue weighted by Gasteiger charge is 2.29. The third-order valence-corrected chi connectivity index (χ3v) is 4.33. The number of carboxylic acids is 1. The van der Waals surface area contributed by atoms with Gasteiger partial charge in [-0.3, -0.25) is 9.69 Å². The molecule has 1 aromatic rings. The van der Waals surface area contributed by atoms with E-state index in [1.807, 2.05) is 24.9 Å². The number of nitrogens with zero attached hydrogens (tertiary/aromatic N) is 2. The van der Waals surface area contributed by atoms with E-state index < -0.39 is 5.97 Å². The molecule has 1 unspecified atom stereocenters. The lowest BCUT2D eigenvalue weighted by Gasteiger charge is -2.39. The molecule has 0 bridgehead atoms. The Bertz CT molecular complexity index is 427. The molecule has 2 rings (SSSR count). The van der Waals surface area contributed by atoms with Crippen LogP contribution in [0.25, 0.3) is 0 Å². The summed E-state index contributed by atoms with van der Waals surface area (Å²) in [6.07, 6.45) is 2.70. The van der Waals surface area contributed by atoms with Crippen molar-refractivity contribution in [2.45, 2.75) is 38.3 Å². The van der Waals surface area contributed by atoms with E-state index in [2.05, 4.69) is 29.2 Å². The van der Waals surface area contributed by atoms with Crippen LogP contribution in [0.2, 0.25) is 0 Å². The van der Waals surface area contributed by atoms with Crippen molar-refractivity contribution in [1.82, 2.24) is 4.90 Å². The highest BCUT2D eigenvalue weighted by atomic mass is 16.4. The molecule has 1 atom stereocenters. The predicted octanol–water partition coefficient (Wildman–Crippen LogP) is 2.45. The number of carbonyl (C=O) groups is 1. The fourth-order valence-corrected chi connectivity index (χ4v) is 3.06. The van der Waals surface area contributed by atoms with Gasteiger partial charge in [0.1, 0.15) is 6.04 Å². The number of para-hydroxylation sites is 1. The fourth-order valence-electron chi connectivity index (χ4n) is 3.06. The van der Waals surface area contributed by atoms with Crippen molar-refractivity contribution in [3.63, 3.8) is 0 Å². The number of anilines is 1. The van der Waals surface area contributed by atoms with Crippen molar-refractivity contribution >= 4 is 11.7 Å². The Hall–Kier alpha value is -1.55. The van der Waals surface area contributed by atoms with Gasteiger partial charge in [0.15, 0.2) is 0 Å². The van der Waals surface area contributed by atoms with Gasteiger partial charge in [0.2, 0.25) is 0 Å². The van der Waals surface area contributed by atoms with Crippen LogP contribution in [0, 0.1) is 0 Å². The number of hydrogen-bond donors (Lipinski definition) is 1. The molecule has 4 heteroatoms. The second-order valence-corrected chi connectivity index (χ2v) is 5.48. The fraction of sp³-hybridized carbons (Fsp3) is 0.562. The highest BCUT2D eigenvalue weighted by molar-refractivity contribution is 5.73. The van der Waals surface area contributed by atoms with Crippen LogP contribution < -0.4 is 4.90 Å². The maximum absolute atomic E-state index is 11.2. The summed E-state index contributed by atoms with van der Waals surface area (Å²) in [6.45, 7) is 3.93. The second-order valence-electron chi connectivity index (χ2n) is 5.48. The molecule has 1 N–H and O–H groups in total. The summed E-state index contributed by atoms with van der Waals surface area (Å²) in [4.78, 5) is 15.7. The molecule has 4 nitrogen and oxygen atoms in total. The van der Waals surface area contributed by atoms with Crippen LogP contribution in [0.3, 0.4) is 0 Å². The molecule has 1 aromatic carbocycles. The largest absolute Gasteiger partial charge is 0.480 e. The summed E-state index contributed by atoms with van der Waals surface area (Å²) in [5.41, 5.74) is 1.26. The van der Waals surface area contributed by atoms with Crippen LogP contribution in [0.4, 0.5) is 5.69 Å². The predicted molar refractivity (Wildman–Crippen MR) is 81.2 cm³/mol. The number of piperidine rings is 1. The number of rotatable bonds is 5. The van der Waals surface area contributed by atoms with Crippen molar-refractivity contribution in [3.8, 4) is 0 Å². The standard InChI is InChI=1S/C16H24N2O2/c1-3-15(16(19)20)17(2)13-9-11-18(12-10-13)14-7-5-4-6-8-14/h4-8,13,15H,3,9-12H2,1-2H3,(H,19,20). The first-order valence-corrected chi connectivity index (χ1v) is 7.38. The highest BCUT2D eigenvalue weighted by Crippen LogP contribution is 2.23. The molecule has 0 aliphatic carbocycles. The summed E-state index contributed by atoms with van der Waals surface area (Å²) >= 11 is 0. The zero-order valence-corrected chi connectivity index (χ0v) is 12.3. The van der Waals surface area contributed by atoms with Crippen molar-refractivity contribution in [1.29, 1.82) is 0 Å². The topological polar surface area (TPSA) is 43.8 Å². The van der Waals surface area contributed by atoms with Gasteiger partial charge in [-0.25, -0.2) is 0 Å². The molecule has 0 aromatic heterocycles. The first kappa shape index (κ1) is 14.9. The van der Waals surface area contributed by atoms with Gasteiger partial charge in [-0.05, 0) is 38.4 Å². The molecule has 20 heavy (non-hydrogen) atoms. The third-order valence-electron chi connectivity index (χ3n) is 4.33. The van der Waals surface area contributed by atoms with Gasteiger partial charge >= 0.3 is 5.97 Å². The molecule has 0 spiro atoms. The SMILES string of the molecule is CCC(C(=O)O)N(C)C1CCN(c2ccccc2)CC1. The summed E-state index contributed by atoms with van der Waals surface area (Å²) in [5, 5.41) is 9.25. The minimum Gasteiger partial charge on any atom is -0.480 e. The smallest absolute Gasteiger partial charge is 0.320 e. The van der Waals surface area contributed by atoms with Gasteiger partial charge in [0, 0.05) is 24.8 Å². The van der Waals surface area contributed by atoms with E-state index in [0.29, 0.717) is 12.5 Å². The molecular formula is C16H24N2O2. The zero-order chi connectivity index (χ0) is 14.5. The summed E-state index contributed by atoms with van der Waals surface area (Å²) in [6, 6.07) is 10.4. The van der Waals surface area contributed by atoms with Crippen LogP contribution in [-0.4, -0.2) is 48.2 Å². The van der Waals surface area contributed by atoms with Crippen LogP contribution in [0.1, 0.15) is 26.2 Å². The minimum atomic E-state index is -0.708. The average molecular weight is 276 g/mol. The molecule has 0 saturated carbocycles. The van der Waals surface area contributed by atoms with E-state index in [-0.39, 0.29) is 6.04 Å². The number of carboxylic acid groups (broad SMARTS) is 1. The van der Waals surface area contributed by atoms with E-state index in [1.54, 1.807) is 0 Å². The Morgan fingerprint density at radius 3 is 2.45 bits per heavy atom. The summed E-state index contributed by atoms with van der Waals surface area (Å²) < 4.78 is 0. The molecule has 110 valence electrons. The first-order chi connectivity index (χ1) is 9.63. The van der Waals surface area contributed by atoms with Crippen molar-refractivity contribution in [2.24, 2.45) is 0 Å². The maximum Gasteiger partial charge on any atom is 0.320 e. The number of benzene rings is 1. The van der Waals surface area contributed by atoms with Crippen molar-refractivity contribution in [2.75, 3.05) is 25.0 Å². The molecule has 1 aliphatic rings. The van der Waals surface area contributed by atoms with E-state index in [1.165, 1.54) is 5.69 Å². The Morgan fingerprint density at radius 2 is 1.95 bits per heavy atom. The summed E-state index contributed by atoms with van der Waals surface area (Å²) in [5.74, 6) is -0.708. The molecule has 1 heterocycles. The lowest BCUT2D eigenvalue weighted by Crippen LogP contribution is -2.49. The minimum absolute atomic E-state index is 0.358. The Kier molecular flexibility index (Phi) is 5.01. The third kappa shape index (κ3) is 3.31. The number of aliphatic carboxylic acids is 1. The average Bonchev–Trinajstić information content (AvgIpc) is 2.48. The monoisotopic (exact) mass is 276 g/mol. The Morgan fingerprint density at radius 1 is 1.35 bits per heavy atom. The van der Waals surface area contributed by atoms with Crippen molar-refractivity contribution in [3.05, 3.63) is 30.3 Å². The van der Waals surface area contributed by atoms with Gasteiger partial charge in [-0.1, -0.05) is 25.1 Å². The van der Waals surface area contributed by atoms with Gasteiger partial charge in [0.25, 0.3) is 0 Å². The molecule has 1 aliphatic heterocycles. The van der Waals surface area contributed by atoms with Gasteiger partial charge in [0.05, 0.1) is 0 Å². The molecule has 1 fully saturated rings. The van der Waals surface area contributed by atoms with Crippen LogP contribution in [0.5, 0.6) is 0 Å². The molecular weight excluding hydrogens is 252 g/mol. The lowest BCUT2D eigenvalue weighted by atomic mass is 10.0. The summed E-state index contributed by atoms with van der Waals surface area (Å²) in [7, 11) is 1.95. The van der Waals surface area contributed by atoms with E-state index >= 15 is 0 Å². The van der Waals surface area contributed by atoms with Crippen molar-refractivity contribution < 1.29 is 9.90 Å². The Balaban J connectivity index is 1.92.